The lowest BCUT2D eigenvalue weighted by Crippen LogP contribution is -1.90. The van der Waals surface area contributed by atoms with E-state index in [9.17, 15) is 0 Å². The van der Waals surface area contributed by atoms with Gasteiger partial charge in [-0.2, -0.15) is 0 Å². The first-order valence-electron chi connectivity index (χ1n) is 4.73. The van der Waals surface area contributed by atoms with Crippen LogP contribution in [0.1, 0.15) is 16.8 Å². The molecule has 2 radical (unpaired) electrons. The molecular weight excluding hydrogens is 219 g/mol. The molecule has 0 aromatic heterocycles. The van der Waals surface area contributed by atoms with Gasteiger partial charge in [-0.25, -0.2) is 0 Å². The third-order valence-corrected chi connectivity index (χ3v) is 3.09. The van der Waals surface area contributed by atoms with Gasteiger partial charge in [0.25, 0.3) is 0 Å². The van der Waals surface area contributed by atoms with E-state index in [0.717, 1.165) is 0 Å². The van der Waals surface area contributed by atoms with Gasteiger partial charge in [-0.05, 0) is 11.1 Å². The molecule has 2 rings (SSSR count). The van der Waals surface area contributed by atoms with Crippen LogP contribution in [0.25, 0.3) is 0 Å². The monoisotopic (exact) mass is 232 g/mol. The van der Waals surface area contributed by atoms with E-state index in [1.54, 1.807) is 0 Å². The van der Waals surface area contributed by atoms with E-state index in [4.69, 9.17) is 0 Å². The van der Waals surface area contributed by atoms with Gasteiger partial charge in [0.15, 0.2) is 0 Å². The van der Waals surface area contributed by atoms with E-state index in [1.165, 1.54) is 11.1 Å². The summed E-state index contributed by atoms with van der Waals surface area (Å²) in [6.07, 6.45) is 0. The van der Waals surface area contributed by atoms with Crippen LogP contribution in [-0.4, -0.2) is 0 Å². The van der Waals surface area contributed by atoms with Crippen molar-refractivity contribution >= 4 is 22.7 Å². The molecule has 0 aliphatic carbocycles. The van der Waals surface area contributed by atoms with Gasteiger partial charge in [0, 0.05) is 19.2 Å². The van der Waals surface area contributed by atoms with Gasteiger partial charge in [0.2, 0.25) is 0 Å². The summed E-state index contributed by atoms with van der Waals surface area (Å²) in [6, 6.07) is 21.0. The Kier molecular flexibility index (Phi) is 4.87. The summed E-state index contributed by atoms with van der Waals surface area (Å²) in [5, 5.41) is 0. The van der Waals surface area contributed by atoms with Crippen LogP contribution >= 0.6 is 22.7 Å². The molecule has 0 bridgehead atoms. The fourth-order valence-electron chi connectivity index (χ4n) is 1.51. The zero-order chi connectivity index (χ0) is 9.80. The molecule has 1 atom stereocenters. The highest BCUT2D eigenvalue weighted by Gasteiger charge is 2.05. The van der Waals surface area contributed by atoms with E-state index in [2.05, 4.69) is 57.8 Å². The molecular formula is C13H13PS. The Morgan fingerprint density at radius 2 is 1.00 bits per heavy atom. The fraction of sp³-hybridized carbons (Fsp3) is 0.0769. The highest BCUT2D eigenvalue weighted by molar-refractivity contribution is 7.59. The first-order chi connectivity index (χ1) is 6.88. The van der Waals surface area contributed by atoms with Crippen LogP contribution in [0, 0.1) is 0 Å². The van der Waals surface area contributed by atoms with Crippen molar-refractivity contribution in [1.29, 1.82) is 0 Å². The molecule has 0 aliphatic heterocycles. The van der Waals surface area contributed by atoms with Gasteiger partial charge in [-0.3, -0.25) is 0 Å². The molecule has 2 heteroatoms. The van der Waals surface area contributed by atoms with Crippen LogP contribution in [0.2, 0.25) is 0 Å². The van der Waals surface area contributed by atoms with Gasteiger partial charge in [-0.15, -0.1) is 9.24 Å². The predicted molar refractivity (Wildman–Crippen MR) is 72.0 cm³/mol. The van der Waals surface area contributed by atoms with Gasteiger partial charge in [-0.1, -0.05) is 60.7 Å². The number of hydrogen-bond donors (Lipinski definition) is 0. The molecule has 0 heterocycles. The maximum absolute atomic E-state index is 2.89. The maximum Gasteiger partial charge on any atom is 0.0234 e. The highest BCUT2D eigenvalue weighted by Crippen LogP contribution is 2.30. The van der Waals surface area contributed by atoms with Crippen LogP contribution in [0.3, 0.4) is 0 Å². The average Bonchev–Trinajstić information content (AvgIpc) is 2.30. The molecule has 2 aromatic rings. The second-order valence-electron chi connectivity index (χ2n) is 3.30. The summed E-state index contributed by atoms with van der Waals surface area (Å²) in [4.78, 5) is 0. The van der Waals surface area contributed by atoms with Crippen LogP contribution in [0.4, 0.5) is 0 Å². The largest absolute Gasteiger partial charge is 0.125 e. The molecule has 0 saturated heterocycles. The third-order valence-electron chi connectivity index (χ3n) is 2.32. The Bertz CT molecular complexity index is 346. The zero-order valence-electron chi connectivity index (χ0n) is 8.34. The quantitative estimate of drug-likeness (QED) is 0.677. The molecule has 2 aromatic carbocycles. The molecule has 1 unspecified atom stereocenters. The van der Waals surface area contributed by atoms with Crippen LogP contribution in [-0.2, 0) is 0 Å². The van der Waals surface area contributed by atoms with Gasteiger partial charge >= 0.3 is 0 Å². The minimum absolute atomic E-state index is 0. The Balaban J connectivity index is 0.00000112. The minimum Gasteiger partial charge on any atom is -0.125 e. The molecule has 0 N–H and O–H groups in total. The topological polar surface area (TPSA) is 0 Å². The molecule has 0 spiro atoms. The summed E-state index contributed by atoms with van der Waals surface area (Å²) < 4.78 is 0. The molecule has 0 aliphatic rings. The third kappa shape index (κ3) is 3.09. The van der Waals surface area contributed by atoms with E-state index in [1.807, 2.05) is 12.1 Å². The lowest BCUT2D eigenvalue weighted by molar-refractivity contribution is 1.16. The van der Waals surface area contributed by atoms with Crippen molar-refractivity contribution in [2.45, 2.75) is 5.66 Å². The van der Waals surface area contributed by atoms with E-state index in [-0.39, 0.29) is 13.5 Å². The Morgan fingerprint density at radius 1 is 0.667 bits per heavy atom. The molecule has 76 valence electrons. The van der Waals surface area contributed by atoms with Crippen molar-refractivity contribution < 1.29 is 0 Å². The van der Waals surface area contributed by atoms with Crippen LogP contribution in [0.5, 0.6) is 0 Å². The second-order valence-corrected chi connectivity index (χ2v) is 3.97. The lowest BCUT2D eigenvalue weighted by Gasteiger charge is -2.11. The number of benzene rings is 2. The Morgan fingerprint density at radius 3 is 1.33 bits per heavy atom. The Labute approximate surface area is 100 Å². The average molecular weight is 232 g/mol. The second kappa shape index (κ2) is 5.95. The normalized spacial score (nSPS) is 9.73. The first kappa shape index (κ1) is 12.3. The molecule has 15 heavy (non-hydrogen) atoms. The predicted octanol–water partition coefficient (Wildman–Crippen LogP) is 4.30. The maximum atomic E-state index is 2.89. The standard InChI is InChI=1S/C13H13P.S/c14-13(11-7-3-1-4-8-11)12-9-5-2-6-10-12;/h1-10,13H,14H2;. The van der Waals surface area contributed by atoms with Crippen molar-refractivity contribution in [2.24, 2.45) is 0 Å². The van der Waals surface area contributed by atoms with E-state index in [0.29, 0.717) is 5.66 Å². The first-order valence-corrected chi connectivity index (χ1v) is 5.40. The van der Waals surface area contributed by atoms with Crippen molar-refractivity contribution in [3.05, 3.63) is 71.8 Å². The van der Waals surface area contributed by atoms with Gasteiger partial charge in [0.1, 0.15) is 0 Å². The van der Waals surface area contributed by atoms with Crippen molar-refractivity contribution in [3.63, 3.8) is 0 Å². The van der Waals surface area contributed by atoms with Crippen molar-refractivity contribution in [3.8, 4) is 0 Å². The van der Waals surface area contributed by atoms with Crippen LogP contribution in [0.15, 0.2) is 60.7 Å². The Hall–Kier alpha value is -0.780. The molecule has 0 saturated carbocycles. The van der Waals surface area contributed by atoms with Crippen molar-refractivity contribution in [1.82, 2.24) is 0 Å². The molecule has 0 nitrogen and oxygen atoms in total. The summed E-state index contributed by atoms with van der Waals surface area (Å²) in [5.41, 5.74) is 3.07. The van der Waals surface area contributed by atoms with Gasteiger partial charge < -0.3 is 0 Å². The van der Waals surface area contributed by atoms with E-state index < -0.39 is 0 Å². The highest BCUT2D eigenvalue weighted by atomic mass is 32.1. The molecule has 0 amide bonds. The summed E-state index contributed by atoms with van der Waals surface area (Å²) in [6.45, 7) is 0. The fourth-order valence-corrected chi connectivity index (χ4v) is 1.96. The van der Waals surface area contributed by atoms with Crippen LogP contribution < -0.4 is 0 Å². The SMILES string of the molecule is PC(c1ccccc1)c1ccccc1.[S]. The summed E-state index contributed by atoms with van der Waals surface area (Å²) in [5.74, 6) is 0. The zero-order valence-corrected chi connectivity index (χ0v) is 10.3. The minimum atomic E-state index is 0. The lowest BCUT2D eigenvalue weighted by atomic mass is 10.0. The van der Waals surface area contributed by atoms with Gasteiger partial charge in [0.05, 0.1) is 0 Å². The summed E-state index contributed by atoms with van der Waals surface area (Å²) >= 11 is 0. The summed E-state index contributed by atoms with van der Waals surface area (Å²) in [7, 11) is 2.89. The number of hydrogen-bond acceptors (Lipinski definition) is 0. The number of rotatable bonds is 2. The van der Waals surface area contributed by atoms with E-state index >= 15 is 0 Å². The smallest absolute Gasteiger partial charge is 0.0234 e. The van der Waals surface area contributed by atoms with Crippen molar-refractivity contribution in [2.75, 3.05) is 0 Å². The molecule has 0 fully saturated rings.